The molecule has 3 nitrogen and oxygen atoms in total. The minimum Gasteiger partial charge on any atom is -0.495 e. The van der Waals surface area contributed by atoms with E-state index in [9.17, 15) is 4.79 Å². The predicted molar refractivity (Wildman–Crippen MR) is 80.2 cm³/mol. The van der Waals surface area contributed by atoms with Crippen LogP contribution in [0.2, 0.25) is 5.02 Å². The summed E-state index contributed by atoms with van der Waals surface area (Å²) < 4.78 is 5.29. The number of ether oxygens (including phenoxy) is 1. The first-order valence-corrected chi connectivity index (χ1v) is 7.29. The van der Waals surface area contributed by atoms with Crippen LogP contribution in [0.25, 0.3) is 0 Å². The molecule has 20 heavy (non-hydrogen) atoms. The number of rotatable bonds is 3. The zero-order valence-corrected chi connectivity index (χ0v) is 12.4. The highest BCUT2D eigenvalue weighted by Crippen LogP contribution is 2.44. The zero-order valence-electron chi connectivity index (χ0n) is 11.7. The number of aryl methyl sites for hydroxylation is 1. The lowest BCUT2D eigenvalue weighted by Gasteiger charge is -2.19. The van der Waals surface area contributed by atoms with E-state index in [0.29, 0.717) is 28.3 Å². The van der Waals surface area contributed by atoms with Gasteiger partial charge in [0.05, 0.1) is 12.8 Å². The Morgan fingerprint density at radius 2 is 2.15 bits per heavy atom. The SMILES string of the molecule is COc1cc(Cl)c(C)cc1NC(=O)C1CC2C=CC1C2. The van der Waals surface area contributed by atoms with Gasteiger partial charge >= 0.3 is 0 Å². The van der Waals surface area contributed by atoms with E-state index in [2.05, 4.69) is 17.5 Å². The number of benzene rings is 1. The van der Waals surface area contributed by atoms with Gasteiger partial charge in [0, 0.05) is 17.0 Å². The molecule has 3 atom stereocenters. The van der Waals surface area contributed by atoms with Crippen LogP contribution in [0.4, 0.5) is 5.69 Å². The fourth-order valence-corrected chi connectivity index (χ4v) is 3.39. The quantitative estimate of drug-likeness (QED) is 0.860. The molecule has 106 valence electrons. The van der Waals surface area contributed by atoms with E-state index in [1.165, 1.54) is 0 Å². The van der Waals surface area contributed by atoms with Gasteiger partial charge in [-0.05, 0) is 43.2 Å². The van der Waals surface area contributed by atoms with E-state index in [1.54, 1.807) is 13.2 Å². The van der Waals surface area contributed by atoms with Gasteiger partial charge in [-0.15, -0.1) is 0 Å². The summed E-state index contributed by atoms with van der Waals surface area (Å²) in [6.07, 6.45) is 6.50. The van der Waals surface area contributed by atoms with Crippen molar-refractivity contribution in [2.75, 3.05) is 12.4 Å². The van der Waals surface area contributed by atoms with Crippen molar-refractivity contribution in [2.24, 2.45) is 17.8 Å². The van der Waals surface area contributed by atoms with Crippen molar-refractivity contribution in [1.82, 2.24) is 0 Å². The van der Waals surface area contributed by atoms with Gasteiger partial charge in [0.1, 0.15) is 5.75 Å². The van der Waals surface area contributed by atoms with E-state index in [1.807, 2.05) is 13.0 Å². The number of amides is 1. The van der Waals surface area contributed by atoms with E-state index in [0.717, 1.165) is 18.4 Å². The maximum atomic E-state index is 12.4. The number of anilines is 1. The Hall–Kier alpha value is -1.48. The number of fused-ring (bicyclic) bond motifs is 2. The Balaban J connectivity index is 1.79. The molecule has 0 radical (unpaired) electrons. The standard InChI is InChI=1S/C16H18ClNO2/c1-9-5-14(15(20-2)8-13(9)17)18-16(19)12-7-10-3-4-11(12)6-10/h3-5,8,10-12H,6-7H2,1-2H3,(H,18,19). The molecule has 2 bridgehead atoms. The Kier molecular flexibility index (Phi) is 3.47. The molecule has 0 aromatic heterocycles. The maximum absolute atomic E-state index is 12.4. The molecule has 2 aliphatic carbocycles. The van der Waals surface area contributed by atoms with Gasteiger partial charge in [0.2, 0.25) is 5.91 Å². The Morgan fingerprint density at radius 1 is 1.35 bits per heavy atom. The summed E-state index contributed by atoms with van der Waals surface area (Å²) in [6.45, 7) is 1.91. The predicted octanol–water partition coefficient (Wildman–Crippen LogP) is 3.81. The van der Waals surface area contributed by atoms with Gasteiger partial charge in [0.15, 0.2) is 0 Å². The molecule has 1 aromatic carbocycles. The molecular weight excluding hydrogens is 274 g/mol. The lowest BCUT2D eigenvalue weighted by Crippen LogP contribution is -2.26. The molecule has 1 saturated carbocycles. The van der Waals surface area contributed by atoms with Crippen LogP contribution >= 0.6 is 11.6 Å². The van der Waals surface area contributed by atoms with Gasteiger partial charge < -0.3 is 10.1 Å². The number of carbonyl (C=O) groups excluding carboxylic acids is 1. The molecule has 3 rings (SSSR count). The van der Waals surface area contributed by atoms with Gasteiger partial charge in [-0.3, -0.25) is 4.79 Å². The fraction of sp³-hybridized carbons (Fsp3) is 0.438. The molecular formula is C16H18ClNO2. The van der Waals surface area contributed by atoms with Gasteiger partial charge in [-0.25, -0.2) is 0 Å². The van der Waals surface area contributed by atoms with Crippen molar-refractivity contribution in [2.45, 2.75) is 19.8 Å². The lowest BCUT2D eigenvalue weighted by atomic mass is 9.92. The van der Waals surface area contributed by atoms with Crippen LogP contribution in [0.15, 0.2) is 24.3 Å². The number of hydrogen-bond acceptors (Lipinski definition) is 2. The molecule has 1 aromatic rings. The second-order valence-corrected chi connectivity index (χ2v) is 6.08. The van der Waals surface area contributed by atoms with Crippen molar-refractivity contribution in [3.63, 3.8) is 0 Å². The second kappa shape index (κ2) is 5.13. The second-order valence-electron chi connectivity index (χ2n) is 5.68. The summed E-state index contributed by atoms with van der Waals surface area (Å²) in [6, 6.07) is 3.61. The van der Waals surface area contributed by atoms with Crippen LogP contribution in [0.3, 0.4) is 0 Å². The van der Waals surface area contributed by atoms with Crippen molar-refractivity contribution in [3.8, 4) is 5.75 Å². The third-order valence-corrected chi connectivity index (χ3v) is 4.76. The summed E-state index contributed by atoms with van der Waals surface area (Å²) in [5.74, 6) is 1.77. The van der Waals surface area contributed by atoms with Crippen LogP contribution < -0.4 is 10.1 Å². The highest BCUT2D eigenvalue weighted by Gasteiger charge is 2.39. The van der Waals surface area contributed by atoms with Crippen molar-refractivity contribution >= 4 is 23.2 Å². The van der Waals surface area contributed by atoms with Crippen molar-refractivity contribution < 1.29 is 9.53 Å². The first-order valence-electron chi connectivity index (χ1n) is 6.92. The highest BCUT2D eigenvalue weighted by atomic mass is 35.5. The first kappa shape index (κ1) is 13.5. The molecule has 3 unspecified atom stereocenters. The molecule has 0 saturated heterocycles. The lowest BCUT2D eigenvalue weighted by molar-refractivity contribution is -0.120. The van der Waals surface area contributed by atoms with Crippen LogP contribution in [0, 0.1) is 24.7 Å². The van der Waals surface area contributed by atoms with Gasteiger partial charge in [-0.2, -0.15) is 0 Å². The Morgan fingerprint density at radius 3 is 2.75 bits per heavy atom. The molecule has 0 heterocycles. The number of methoxy groups -OCH3 is 1. The van der Waals surface area contributed by atoms with E-state index in [-0.39, 0.29) is 11.8 Å². The summed E-state index contributed by atoms with van der Waals surface area (Å²) in [5, 5.41) is 3.64. The number of carbonyl (C=O) groups is 1. The summed E-state index contributed by atoms with van der Waals surface area (Å²) in [4.78, 5) is 12.4. The average Bonchev–Trinajstić information content (AvgIpc) is 3.05. The van der Waals surface area contributed by atoms with Gasteiger partial charge in [-0.1, -0.05) is 23.8 Å². The summed E-state index contributed by atoms with van der Waals surface area (Å²) in [7, 11) is 1.58. The van der Waals surface area contributed by atoms with Crippen LogP contribution in [-0.4, -0.2) is 13.0 Å². The number of halogens is 1. The normalized spacial score (nSPS) is 26.9. The van der Waals surface area contributed by atoms with E-state index in [4.69, 9.17) is 16.3 Å². The highest BCUT2D eigenvalue weighted by molar-refractivity contribution is 6.31. The molecule has 0 aliphatic heterocycles. The number of allylic oxidation sites excluding steroid dienone is 2. The minimum atomic E-state index is 0.0851. The topological polar surface area (TPSA) is 38.3 Å². The first-order chi connectivity index (χ1) is 9.58. The average molecular weight is 292 g/mol. The number of hydrogen-bond donors (Lipinski definition) is 1. The van der Waals surface area contributed by atoms with E-state index < -0.39 is 0 Å². The number of nitrogens with one attached hydrogen (secondary N) is 1. The molecule has 1 fully saturated rings. The van der Waals surface area contributed by atoms with Crippen LogP contribution in [0.1, 0.15) is 18.4 Å². The molecule has 2 aliphatic rings. The molecule has 4 heteroatoms. The monoisotopic (exact) mass is 291 g/mol. The minimum absolute atomic E-state index is 0.0851. The molecule has 1 N–H and O–H groups in total. The summed E-state index contributed by atoms with van der Waals surface area (Å²) in [5.41, 5.74) is 1.63. The van der Waals surface area contributed by atoms with E-state index >= 15 is 0 Å². The Bertz CT molecular complexity index is 582. The summed E-state index contributed by atoms with van der Waals surface area (Å²) >= 11 is 6.08. The smallest absolute Gasteiger partial charge is 0.228 e. The third kappa shape index (κ3) is 2.31. The zero-order chi connectivity index (χ0) is 14.3. The largest absolute Gasteiger partial charge is 0.495 e. The van der Waals surface area contributed by atoms with Crippen molar-refractivity contribution in [1.29, 1.82) is 0 Å². The van der Waals surface area contributed by atoms with Crippen molar-refractivity contribution in [3.05, 3.63) is 34.9 Å². The van der Waals surface area contributed by atoms with Crippen LogP contribution in [0.5, 0.6) is 5.75 Å². The molecule has 0 spiro atoms. The van der Waals surface area contributed by atoms with Gasteiger partial charge in [0.25, 0.3) is 0 Å². The fourth-order valence-electron chi connectivity index (χ4n) is 3.24. The maximum Gasteiger partial charge on any atom is 0.228 e. The Labute approximate surface area is 124 Å². The third-order valence-electron chi connectivity index (χ3n) is 4.35. The van der Waals surface area contributed by atoms with Crippen LogP contribution in [-0.2, 0) is 4.79 Å². The molecule has 1 amide bonds.